The molecule has 2 aliphatic rings. The summed E-state index contributed by atoms with van der Waals surface area (Å²) < 4.78 is 42.7. The Bertz CT molecular complexity index is 1230. The van der Waals surface area contributed by atoms with Gasteiger partial charge in [0, 0.05) is 24.2 Å². The third kappa shape index (κ3) is 3.64. The molecule has 1 N–H and O–H groups in total. The van der Waals surface area contributed by atoms with Crippen LogP contribution in [-0.4, -0.2) is 25.3 Å². The highest BCUT2D eigenvalue weighted by Crippen LogP contribution is 2.49. The van der Waals surface area contributed by atoms with Crippen LogP contribution in [0, 0.1) is 5.82 Å². The number of hydrogen-bond donors (Lipinski definition) is 1. The number of para-hydroxylation sites is 1. The van der Waals surface area contributed by atoms with E-state index in [-0.39, 0.29) is 23.8 Å². The zero-order valence-corrected chi connectivity index (χ0v) is 18.1. The molecule has 0 fully saturated rings. The van der Waals surface area contributed by atoms with Crippen molar-refractivity contribution in [1.82, 2.24) is 4.31 Å². The number of nitrogens with one attached hydrogen (secondary N) is 1. The van der Waals surface area contributed by atoms with Gasteiger partial charge in [0.2, 0.25) is 10.0 Å². The molecule has 2 aliphatic heterocycles. The van der Waals surface area contributed by atoms with Crippen molar-refractivity contribution in [1.29, 1.82) is 0 Å². The molecule has 1 unspecified atom stereocenters. The fraction of sp³-hybridized carbons (Fsp3) is 0.280. The monoisotopic (exact) mass is 436 g/mol. The fourth-order valence-electron chi connectivity index (χ4n) is 5.15. The number of sulfonamides is 1. The molecule has 5 rings (SSSR count). The first kappa shape index (κ1) is 20.2. The molecular weight excluding hydrogens is 411 g/mol. The molecule has 160 valence electrons. The Hall–Kier alpha value is -2.70. The quantitative estimate of drug-likeness (QED) is 0.636. The topological polar surface area (TPSA) is 49.4 Å². The Kier molecular flexibility index (Phi) is 5.07. The van der Waals surface area contributed by atoms with Crippen LogP contribution in [0.1, 0.15) is 41.1 Å². The molecule has 0 saturated heterocycles. The molecule has 4 nitrogen and oxygen atoms in total. The minimum absolute atomic E-state index is 0.0139. The Morgan fingerprint density at radius 2 is 1.74 bits per heavy atom. The molecule has 6 heteroatoms. The lowest BCUT2D eigenvalue weighted by atomic mass is 9.80. The van der Waals surface area contributed by atoms with Crippen molar-refractivity contribution in [3.05, 3.63) is 101 Å². The van der Waals surface area contributed by atoms with Crippen molar-refractivity contribution in [3.63, 3.8) is 0 Å². The lowest BCUT2D eigenvalue weighted by Crippen LogP contribution is -2.44. The van der Waals surface area contributed by atoms with Gasteiger partial charge in [0.1, 0.15) is 5.82 Å². The Morgan fingerprint density at radius 3 is 2.55 bits per heavy atom. The van der Waals surface area contributed by atoms with Crippen LogP contribution in [0.15, 0.2) is 72.8 Å². The van der Waals surface area contributed by atoms with Gasteiger partial charge >= 0.3 is 0 Å². The standard InChI is InChI=1S/C25H25FN2O2S/c1-17-24(22-11-4-5-12-23(22)27-17)25-21-10-3-2-8-19(21)13-14-28(25)31(29,30)16-18-7-6-9-20(26)15-18/h2-12,15,17,24-25,27H,13-14,16H2,1H3/t17-,24?,25+/m0/s1. The van der Waals surface area contributed by atoms with Crippen LogP contribution in [-0.2, 0) is 22.2 Å². The summed E-state index contributed by atoms with van der Waals surface area (Å²) in [5.41, 5.74) is 4.93. The highest BCUT2D eigenvalue weighted by molar-refractivity contribution is 7.88. The molecule has 0 bridgehead atoms. The highest BCUT2D eigenvalue weighted by atomic mass is 32.2. The van der Waals surface area contributed by atoms with E-state index in [0.29, 0.717) is 18.5 Å². The molecule has 31 heavy (non-hydrogen) atoms. The first-order valence-electron chi connectivity index (χ1n) is 10.6. The van der Waals surface area contributed by atoms with Gasteiger partial charge in [0.15, 0.2) is 0 Å². The second-order valence-corrected chi connectivity index (χ2v) is 10.4. The summed E-state index contributed by atoms with van der Waals surface area (Å²) in [6.45, 7) is 2.53. The van der Waals surface area contributed by atoms with Crippen molar-refractivity contribution in [2.45, 2.75) is 37.1 Å². The van der Waals surface area contributed by atoms with E-state index in [2.05, 4.69) is 30.4 Å². The molecule has 0 aliphatic carbocycles. The summed E-state index contributed by atoms with van der Waals surface area (Å²) in [6, 6.07) is 21.9. The third-order valence-corrected chi connectivity index (χ3v) is 8.29. The smallest absolute Gasteiger partial charge is 0.218 e. The first-order valence-corrected chi connectivity index (χ1v) is 12.2. The average Bonchev–Trinajstić information content (AvgIpc) is 3.08. The molecule has 0 spiro atoms. The van der Waals surface area contributed by atoms with Crippen molar-refractivity contribution in [2.24, 2.45) is 0 Å². The van der Waals surface area contributed by atoms with Crippen LogP contribution in [0.3, 0.4) is 0 Å². The Balaban J connectivity index is 1.60. The van der Waals surface area contributed by atoms with E-state index in [9.17, 15) is 12.8 Å². The molecule has 0 radical (unpaired) electrons. The third-order valence-electron chi connectivity index (χ3n) is 6.46. The minimum atomic E-state index is -3.67. The van der Waals surface area contributed by atoms with Gasteiger partial charge in [-0.05, 0) is 53.8 Å². The van der Waals surface area contributed by atoms with Gasteiger partial charge in [0.05, 0.1) is 11.8 Å². The molecule has 3 aromatic carbocycles. The first-order chi connectivity index (χ1) is 14.9. The summed E-state index contributed by atoms with van der Waals surface area (Å²) >= 11 is 0. The van der Waals surface area contributed by atoms with Gasteiger partial charge in [0.25, 0.3) is 0 Å². The van der Waals surface area contributed by atoms with E-state index >= 15 is 0 Å². The Labute approximate surface area is 182 Å². The maximum absolute atomic E-state index is 13.7. The Morgan fingerprint density at radius 1 is 1.00 bits per heavy atom. The van der Waals surface area contributed by atoms with Crippen LogP contribution in [0.5, 0.6) is 0 Å². The lowest BCUT2D eigenvalue weighted by molar-refractivity contribution is 0.261. The molecule has 0 saturated carbocycles. The average molecular weight is 437 g/mol. The summed E-state index contributed by atoms with van der Waals surface area (Å²) in [5.74, 6) is -0.643. The molecule has 3 aromatic rings. The van der Waals surface area contributed by atoms with Crippen LogP contribution in [0.2, 0.25) is 0 Å². The van der Waals surface area contributed by atoms with E-state index in [1.807, 2.05) is 30.3 Å². The molecule has 3 atom stereocenters. The maximum Gasteiger partial charge on any atom is 0.218 e. The summed E-state index contributed by atoms with van der Waals surface area (Å²) in [7, 11) is -3.67. The predicted octanol–water partition coefficient (Wildman–Crippen LogP) is 4.85. The fourth-order valence-corrected chi connectivity index (χ4v) is 6.87. The molecule has 0 aromatic heterocycles. The SMILES string of the molecule is C[C@@H]1Nc2ccccc2C1[C@H]1c2ccccc2CCN1S(=O)(=O)Cc1cccc(F)c1. The summed E-state index contributed by atoms with van der Waals surface area (Å²) in [4.78, 5) is 0. The lowest BCUT2D eigenvalue weighted by Gasteiger charge is -2.41. The van der Waals surface area contributed by atoms with Gasteiger partial charge in [-0.15, -0.1) is 0 Å². The van der Waals surface area contributed by atoms with Crippen molar-refractivity contribution < 1.29 is 12.8 Å². The largest absolute Gasteiger partial charge is 0.382 e. The predicted molar refractivity (Wildman–Crippen MR) is 121 cm³/mol. The van der Waals surface area contributed by atoms with Crippen molar-refractivity contribution in [2.75, 3.05) is 11.9 Å². The van der Waals surface area contributed by atoms with Gasteiger partial charge in [-0.3, -0.25) is 0 Å². The molecule has 0 amide bonds. The van der Waals surface area contributed by atoms with E-state index in [4.69, 9.17) is 0 Å². The normalized spacial score (nSPS) is 23.1. The number of benzene rings is 3. The van der Waals surface area contributed by atoms with Gasteiger partial charge < -0.3 is 5.32 Å². The zero-order valence-electron chi connectivity index (χ0n) is 17.3. The maximum atomic E-state index is 13.7. The zero-order chi connectivity index (χ0) is 21.6. The number of nitrogens with zero attached hydrogens (tertiary/aromatic N) is 1. The molecule has 2 heterocycles. The highest BCUT2D eigenvalue weighted by Gasteiger charge is 2.45. The number of anilines is 1. The minimum Gasteiger partial charge on any atom is -0.382 e. The van der Waals surface area contributed by atoms with E-state index in [1.165, 1.54) is 17.7 Å². The number of fused-ring (bicyclic) bond motifs is 2. The second kappa shape index (κ2) is 7.77. The van der Waals surface area contributed by atoms with Crippen LogP contribution in [0.25, 0.3) is 0 Å². The van der Waals surface area contributed by atoms with Gasteiger partial charge in [-0.25, -0.2) is 12.8 Å². The number of halogens is 1. The van der Waals surface area contributed by atoms with Gasteiger partial charge in [-0.2, -0.15) is 4.31 Å². The van der Waals surface area contributed by atoms with Crippen molar-refractivity contribution in [3.8, 4) is 0 Å². The van der Waals surface area contributed by atoms with E-state index in [0.717, 1.165) is 16.8 Å². The van der Waals surface area contributed by atoms with E-state index < -0.39 is 15.8 Å². The van der Waals surface area contributed by atoms with Crippen LogP contribution in [0.4, 0.5) is 10.1 Å². The van der Waals surface area contributed by atoms with Gasteiger partial charge in [-0.1, -0.05) is 54.6 Å². The molecular formula is C25H25FN2O2S. The second-order valence-electron chi connectivity index (χ2n) is 8.44. The summed E-state index contributed by atoms with van der Waals surface area (Å²) in [6.07, 6.45) is 0.672. The van der Waals surface area contributed by atoms with Crippen molar-refractivity contribution >= 4 is 15.7 Å². The number of rotatable bonds is 4. The van der Waals surface area contributed by atoms with E-state index in [1.54, 1.807) is 16.4 Å². The number of hydrogen-bond acceptors (Lipinski definition) is 3. The van der Waals surface area contributed by atoms with Crippen LogP contribution < -0.4 is 5.32 Å². The van der Waals surface area contributed by atoms with Crippen LogP contribution >= 0.6 is 0 Å². The summed E-state index contributed by atoms with van der Waals surface area (Å²) in [5, 5.41) is 3.53.